The van der Waals surface area contributed by atoms with Crippen LogP contribution in [-0.2, 0) is 14.8 Å². The molecule has 24 heavy (non-hydrogen) atoms. The number of rotatable bonds is 5. The minimum absolute atomic E-state index is 0.0442. The first-order valence-corrected chi connectivity index (χ1v) is 8.86. The van der Waals surface area contributed by atoms with Crippen LogP contribution in [0.3, 0.4) is 0 Å². The predicted octanol–water partition coefficient (Wildman–Crippen LogP) is 0.387. The van der Waals surface area contributed by atoms with E-state index in [9.17, 15) is 13.2 Å². The molecule has 1 atom stereocenters. The fourth-order valence-corrected chi connectivity index (χ4v) is 3.46. The number of methoxy groups -OCH3 is 1. The maximum absolute atomic E-state index is 12.0. The van der Waals surface area contributed by atoms with E-state index in [1.165, 1.54) is 4.90 Å². The summed E-state index contributed by atoms with van der Waals surface area (Å²) in [5, 5.41) is 12.8. The summed E-state index contributed by atoms with van der Waals surface area (Å²) in [5.74, 6) is 0.0427. The van der Waals surface area contributed by atoms with E-state index in [0.29, 0.717) is 11.3 Å². The van der Waals surface area contributed by atoms with Gasteiger partial charge in [-0.25, -0.2) is 13.6 Å². The van der Waals surface area contributed by atoms with Gasteiger partial charge in [0.25, 0.3) is 0 Å². The van der Waals surface area contributed by atoms with Crippen molar-refractivity contribution in [3.63, 3.8) is 0 Å². The third-order valence-electron chi connectivity index (χ3n) is 3.66. The van der Waals surface area contributed by atoms with Crippen molar-refractivity contribution < 1.29 is 22.4 Å². The molecule has 2 N–H and O–H groups in total. The van der Waals surface area contributed by atoms with Crippen molar-refractivity contribution in [2.24, 2.45) is 11.1 Å². The number of nitrogens with two attached hydrogens (primary N) is 1. The van der Waals surface area contributed by atoms with Crippen molar-refractivity contribution in [2.45, 2.75) is 6.42 Å². The molecule has 1 aromatic heterocycles. The quantitative estimate of drug-likeness (QED) is 0.824. The number of ether oxygens (including phenoxy) is 1. The Bertz CT molecular complexity index is 846. The number of primary sulfonamides is 1. The average Bonchev–Trinajstić information content (AvgIpc) is 3.12. The fourth-order valence-electron chi connectivity index (χ4n) is 2.58. The lowest BCUT2D eigenvalue weighted by Gasteiger charge is -2.10. The predicted molar refractivity (Wildman–Crippen MR) is 84.7 cm³/mol. The van der Waals surface area contributed by atoms with Gasteiger partial charge in [-0.05, 0) is 24.3 Å². The average molecular weight is 352 g/mol. The van der Waals surface area contributed by atoms with Crippen molar-refractivity contribution in [1.29, 1.82) is 0 Å². The van der Waals surface area contributed by atoms with Gasteiger partial charge in [0.15, 0.2) is 0 Å². The third-order valence-corrected chi connectivity index (χ3v) is 4.59. The number of hydrogen-bond acceptors (Lipinski definition) is 7. The van der Waals surface area contributed by atoms with E-state index in [2.05, 4.69) is 10.2 Å². The number of benzene rings is 1. The number of anilines is 1. The van der Waals surface area contributed by atoms with Crippen molar-refractivity contribution in [3.05, 3.63) is 24.3 Å². The summed E-state index contributed by atoms with van der Waals surface area (Å²) in [6, 6.07) is 7.06. The highest BCUT2D eigenvalue weighted by Crippen LogP contribution is 2.28. The molecular formula is C14H16N4O5S. The van der Waals surface area contributed by atoms with Crippen molar-refractivity contribution in [1.82, 2.24) is 10.2 Å². The molecule has 0 aliphatic carbocycles. The molecule has 1 fully saturated rings. The first kappa shape index (κ1) is 16.4. The topological polar surface area (TPSA) is 129 Å². The van der Waals surface area contributed by atoms with E-state index in [1.807, 2.05) is 0 Å². The van der Waals surface area contributed by atoms with E-state index in [0.717, 1.165) is 0 Å². The van der Waals surface area contributed by atoms with E-state index in [4.69, 9.17) is 14.3 Å². The molecule has 1 amide bonds. The number of amides is 1. The number of aromatic nitrogens is 2. The maximum atomic E-state index is 12.0. The van der Waals surface area contributed by atoms with Crippen molar-refractivity contribution in [3.8, 4) is 17.2 Å². The van der Waals surface area contributed by atoms with Gasteiger partial charge in [-0.15, -0.1) is 5.10 Å². The molecule has 2 aromatic rings. The molecule has 0 bridgehead atoms. The summed E-state index contributed by atoms with van der Waals surface area (Å²) < 4.78 is 32.9. The molecule has 2 heterocycles. The third kappa shape index (κ3) is 3.54. The van der Waals surface area contributed by atoms with Crippen LogP contribution in [-0.4, -0.2) is 43.9 Å². The Kier molecular flexibility index (Phi) is 4.24. The van der Waals surface area contributed by atoms with Gasteiger partial charge in [0, 0.05) is 24.4 Å². The zero-order valence-electron chi connectivity index (χ0n) is 12.9. The molecule has 1 aliphatic heterocycles. The summed E-state index contributed by atoms with van der Waals surface area (Å²) in [6.07, 6.45) is 0.0800. The first-order valence-electron chi connectivity index (χ1n) is 7.14. The highest BCUT2D eigenvalue weighted by molar-refractivity contribution is 7.89. The number of carbonyl (C=O) groups is 1. The van der Waals surface area contributed by atoms with Crippen LogP contribution in [0.2, 0.25) is 0 Å². The van der Waals surface area contributed by atoms with E-state index >= 15 is 0 Å². The van der Waals surface area contributed by atoms with Gasteiger partial charge in [-0.1, -0.05) is 5.10 Å². The number of nitrogens with zero attached hydrogens (tertiary/aromatic N) is 3. The van der Waals surface area contributed by atoms with Crippen LogP contribution in [0.1, 0.15) is 6.42 Å². The van der Waals surface area contributed by atoms with E-state index < -0.39 is 10.0 Å². The van der Waals surface area contributed by atoms with Gasteiger partial charge in [-0.3, -0.25) is 9.69 Å². The molecular weight excluding hydrogens is 336 g/mol. The second-order valence-corrected chi connectivity index (χ2v) is 7.18. The summed E-state index contributed by atoms with van der Waals surface area (Å²) >= 11 is 0. The van der Waals surface area contributed by atoms with Gasteiger partial charge < -0.3 is 9.15 Å². The molecule has 9 nitrogen and oxygen atoms in total. The Labute approximate surface area is 138 Å². The summed E-state index contributed by atoms with van der Waals surface area (Å²) in [5.41, 5.74) is 0.683. The molecule has 128 valence electrons. The second-order valence-electron chi connectivity index (χ2n) is 5.52. The van der Waals surface area contributed by atoms with Crippen LogP contribution in [0.15, 0.2) is 28.7 Å². The molecule has 3 rings (SSSR count). The molecule has 1 aromatic carbocycles. The minimum atomic E-state index is -3.64. The largest absolute Gasteiger partial charge is 0.497 e. The lowest BCUT2D eigenvalue weighted by Crippen LogP contribution is -2.27. The molecule has 0 radical (unpaired) electrons. The standard InChI is InChI=1S/C14H16N4O5S/c1-22-11-4-2-10(3-5-11)13-16-17-14(23-13)18-7-9(6-12(18)19)8-24(15,20)21/h2-5,9H,6-8H2,1H3,(H2,15,20,21). The lowest BCUT2D eigenvalue weighted by atomic mass is 10.1. The normalized spacial score (nSPS) is 18.2. The van der Waals surface area contributed by atoms with Gasteiger partial charge in [0.1, 0.15) is 5.75 Å². The van der Waals surface area contributed by atoms with Crippen LogP contribution >= 0.6 is 0 Å². The Hall–Kier alpha value is -2.46. The van der Waals surface area contributed by atoms with Crippen LogP contribution in [0.4, 0.5) is 6.01 Å². The first-order chi connectivity index (χ1) is 11.4. The summed E-state index contributed by atoms with van der Waals surface area (Å²) in [4.78, 5) is 13.3. The molecule has 0 saturated carbocycles. The Morgan fingerprint density at radius 2 is 2.04 bits per heavy atom. The maximum Gasteiger partial charge on any atom is 0.325 e. The monoisotopic (exact) mass is 352 g/mol. The second kappa shape index (κ2) is 6.21. The van der Waals surface area contributed by atoms with Gasteiger partial charge in [0.05, 0.1) is 12.9 Å². The zero-order chi connectivity index (χ0) is 17.3. The van der Waals surface area contributed by atoms with Crippen molar-refractivity contribution >= 4 is 21.9 Å². The smallest absolute Gasteiger partial charge is 0.325 e. The van der Waals surface area contributed by atoms with Crippen LogP contribution in [0.25, 0.3) is 11.5 Å². The molecule has 1 unspecified atom stereocenters. The fraction of sp³-hybridized carbons (Fsp3) is 0.357. The highest BCUT2D eigenvalue weighted by atomic mass is 32.2. The number of hydrogen-bond donors (Lipinski definition) is 1. The van der Waals surface area contributed by atoms with E-state index in [-0.39, 0.29) is 42.4 Å². The van der Waals surface area contributed by atoms with Crippen LogP contribution in [0.5, 0.6) is 5.75 Å². The Morgan fingerprint density at radius 1 is 1.33 bits per heavy atom. The van der Waals surface area contributed by atoms with E-state index in [1.54, 1.807) is 31.4 Å². The summed E-state index contributed by atoms with van der Waals surface area (Å²) in [7, 11) is -2.07. The SMILES string of the molecule is COc1ccc(-c2nnc(N3CC(CS(N)(=O)=O)CC3=O)o2)cc1. The lowest BCUT2D eigenvalue weighted by molar-refractivity contribution is -0.117. The van der Waals surface area contributed by atoms with Crippen LogP contribution in [0, 0.1) is 5.92 Å². The van der Waals surface area contributed by atoms with Crippen LogP contribution < -0.4 is 14.8 Å². The highest BCUT2D eigenvalue weighted by Gasteiger charge is 2.35. The van der Waals surface area contributed by atoms with Crippen molar-refractivity contribution in [2.75, 3.05) is 24.3 Å². The minimum Gasteiger partial charge on any atom is -0.497 e. The number of sulfonamides is 1. The Balaban J connectivity index is 1.76. The summed E-state index contributed by atoms with van der Waals surface area (Å²) in [6.45, 7) is 0.180. The number of carbonyl (C=O) groups excluding carboxylic acids is 1. The Morgan fingerprint density at radius 3 is 2.67 bits per heavy atom. The molecule has 1 saturated heterocycles. The molecule has 1 aliphatic rings. The molecule has 10 heteroatoms. The van der Waals surface area contributed by atoms with Gasteiger partial charge in [-0.2, -0.15) is 0 Å². The zero-order valence-corrected chi connectivity index (χ0v) is 13.7. The van der Waals surface area contributed by atoms with Gasteiger partial charge >= 0.3 is 6.01 Å². The molecule has 0 spiro atoms. The van der Waals surface area contributed by atoms with Gasteiger partial charge in [0.2, 0.25) is 21.8 Å².